The molecular formula is C15H20BrNO. The van der Waals surface area contributed by atoms with Crippen molar-refractivity contribution in [3.63, 3.8) is 0 Å². The molecule has 18 heavy (non-hydrogen) atoms. The Kier molecular flexibility index (Phi) is 4.02. The Bertz CT molecular complexity index is 409. The predicted molar refractivity (Wildman–Crippen MR) is 77.0 cm³/mol. The Morgan fingerprint density at radius 2 is 2.28 bits per heavy atom. The Balaban J connectivity index is 1.71. The molecule has 0 aromatic heterocycles. The molecule has 2 saturated heterocycles. The molecule has 2 aliphatic rings. The van der Waals surface area contributed by atoms with E-state index in [9.17, 15) is 0 Å². The summed E-state index contributed by atoms with van der Waals surface area (Å²) in [6.45, 7) is 2.97. The minimum absolute atomic E-state index is 0.582. The van der Waals surface area contributed by atoms with Crippen LogP contribution in [-0.2, 0) is 11.2 Å². The van der Waals surface area contributed by atoms with Crippen LogP contribution in [0.2, 0.25) is 0 Å². The van der Waals surface area contributed by atoms with Gasteiger partial charge in [0.15, 0.2) is 0 Å². The molecule has 2 aliphatic heterocycles. The summed E-state index contributed by atoms with van der Waals surface area (Å²) in [7, 11) is 0. The maximum Gasteiger partial charge on any atom is 0.0535 e. The number of nitrogens with one attached hydrogen (secondary N) is 1. The van der Waals surface area contributed by atoms with Crippen LogP contribution in [0.4, 0.5) is 0 Å². The second kappa shape index (κ2) is 5.72. The van der Waals surface area contributed by atoms with Gasteiger partial charge in [0.05, 0.1) is 6.61 Å². The number of hydrogen-bond acceptors (Lipinski definition) is 2. The smallest absolute Gasteiger partial charge is 0.0535 e. The van der Waals surface area contributed by atoms with Gasteiger partial charge in [-0.1, -0.05) is 28.1 Å². The van der Waals surface area contributed by atoms with Crippen LogP contribution in [0.1, 0.15) is 36.3 Å². The number of hydrogen-bond donors (Lipinski definition) is 1. The molecule has 0 bridgehead atoms. The molecule has 0 amide bonds. The molecule has 3 rings (SSSR count). The molecule has 2 unspecified atom stereocenters. The predicted octanol–water partition coefficient (Wildman–Crippen LogP) is 3.25. The molecule has 98 valence electrons. The van der Waals surface area contributed by atoms with Gasteiger partial charge in [-0.05, 0) is 49.4 Å². The van der Waals surface area contributed by atoms with Crippen LogP contribution < -0.4 is 5.32 Å². The van der Waals surface area contributed by atoms with Gasteiger partial charge in [-0.2, -0.15) is 0 Å². The molecule has 0 aliphatic carbocycles. The molecule has 2 atom stereocenters. The molecule has 0 radical (unpaired) electrons. The summed E-state index contributed by atoms with van der Waals surface area (Å²) in [6.07, 6.45) is 4.95. The van der Waals surface area contributed by atoms with E-state index >= 15 is 0 Å². The lowest BCUT2D eigenvalue weighted by Crippen LogP contribution is -2.23. The third kappa shape index (κ3) is 2.79. The average molecular weight is 310 g/mol. The molecule has 2 heterocycles. The van der Waals surface area contributed by atoms with Gasteiger partial charge in [0.2, 0.25) is 0 Å². The van der Waals surface area contributed by atoms with Crippen molar-refractivity contribution in [2.75, 3.05) is 19.8 Å². The summed E-state index contributed by atoms with van der Waals surface area (Å²) in [5.41, 5.74) is 2.85. The SMILES string of the molecule is Brc1cc(CC2CCCN2)ccc1C1CCOC1. The van der Waals surface area contributed by atoms with Gasteiger partial charge >= 0.3 is 0 Å². The topological polar surface area (TPSA) is 21.3 Å². The van der Waals surface area contributed by atoms with Crippen molar-refractivity contribution in [3.8, 4) is 0 Å². The summed E-state index contributed by atoms with van der Waals surface area (Å²) in [5.74, 6) is 0.582. The van der Waals surface area contributed by atoms with E-state index < -0.39 is 0 Å². The first-order valence-corrected chi connectivity index (χ1v) is 7.71. The summed E-state index contributed by atoms with van der Waals surface area (Å²) in [6, 6.07) is 7.55. The number of rotatable bonds is 3. The van der Waals surface area contributed by atoms with Gasteiger partial charge in [0.1, 0.15) is 0 Å². The van der Waals surface area contributed by atoms with Crippen molar-refractivity contribution in [3.05, 3.63) is 33.8 Å². The maximum atomic E-state index is 5.47. The van der Waals surface area contributed by atoms with E-state index in [-0.39, 0.29) is 0 Å². The molecule has 0 spiro atoms. The lowest BCUT2D eigenvalue weighted by molar-refractivity contribution is 0.194. The molecule has 1 aromatic carbocycles. The van der Waals surface area contributed by atoms with E-state index in [1.165, 1.54) is 35.0 Å². The third-order valence-electron chi connectivity index (χ3n) is 4.08. The number of benzene rings is 1. The quantitative estimate of drug-likeness (QED) is 0.925. The van der Waals surface area contributed by atoms with Crippen LogP contribution in [0.3, 0.4) is 0 Å². The van der Waals surface area contributed by atoms with E-state index in [1.807, 2.05) is 0 Å². The van der Waals surface area contributed by atoms with Gasteiger partial charge in [-0.25, -0.2) is 0 Å². The van der Waals surface area contributed by atoms with Crippen LogP contribution in [0.25, 0.3) is 0 Å². The average Bonchev–Trinajstić information content (AvgIpc) is 3.01. The molecule has 3 heteroatoms. The fourth-order valence-electron chi connectivity index (χ4n) is 3.02. The van der Waals surface area contributed by atoms with Crippen molar-refractivity contribution in [1.29, 1.82) is 0 Å². The largest absolute Gasteiger partial charge is 0.381 e. The van der Waals surface area contributed by atoms with Crippen LogP contribution in [0, 0.1) is 0 Å². The minimum atomic E-state index is 0.582. The fourth-order valence-corrected chi connectivity index (χ4v) is 3.77. The van der Waals surface area contributed by atoms with E-state index in [1.54, 1.807) is 0 Å². The highest BCUT2D eigenvalue weighted by Crippen LogP contribution is 2.32. The Labute approximate surface area is 117 Å². The van der Waals surface area contributed by atoms with Gasteiger partial charge in [-0.15, -0.1) is 0 Å². The monoisotopic (exact) mass is 309 g/mol. The first-order chi connectivity index (χ1) is 8.83. The zero-order valence-electron chi connectivity index (χ0n) is 10.6. The van der Waals surface area contributed by atoms with Crippen LogP contribution >= 0.6 is 15.9 Å². The molecule has 1 N–H and O–H groups in total. The lowest BCUT2D eigenvalue weighted by Gasteiger charge is -2.14. The zero-order valence-corrected chi connectivity index (χ0v) is 12.2. The van der Waals surface area contributed by atoms with Crippen molar-refractivity contribution >= 4 is 15.9 Å². The van der Waals surface area contributed by atoms with Crippen molar-refractivity contribution < 1.29 is 4.74 Å². The van der Waals surface area contributed by atoms with E-state index in [0.29, 0.717) is 12.0 Å². The Morgan fingerprint density at radius 3 is 2.94 bits per heavy atom. The number of halogens is 1. The molecular weight excluding hydrogens is 290 g/mol. The first kappa shape index (κ1) is 12.6. The van der Waals surface area contributed by atoms with Crippen molar-refractivity contribution in [2.45, 2.75) is 37.6 Å². The van der Waals surface area contributed by atoms with E-state index in [0.717, 1.165) is 26.1 Å². The molecule has 0 saturated carbocycles. The first-order valence-electron chi connectivity index (χ1n) is 6.92. The zero-order chi connectivity index (χ0) is 12.4. The van der Waals surface area contributed by atoms with E-state index in [2.05, 4.69) is 39.4 Å². The van der Waals surface area contributed by atoms with Gasteiger partial charge in [0, 0.05) is 23.0 Å². The van der Waals surface area contributed by atoms with Crippen molar-refractivity contribution in [2.24, 2.45) is 0 Å². The summed E-state index contributed by atoms with van der Waals surface area (Å²) >= 11 is 3.73. The standard InChI is InChI=1S/C15H20BrNO/c16-15-9-11(8-13-2-1-6-17-13)3-4-14(15)12-5-7-18-10-12/h3-4,9,12-13,17H,1-2,5-8,10H2. The van der Waals surface area contributed by atoms with Gasteiger partial charge < -0.3 is 10.1 Å². The molecule has 2 fully saturated rings. The van der Waals surface area contributed by atoms with Gasteiger partial charge in [-0.3, -0.25) is 0 Å². The molecule has 2 nitrogen and oxygen atoms in total. The highest BCUT2D eigenvalue weighted by atomic mass is 79.9. The van der Waals surface area contributed by atoms with Gasteiger partial charge in [0.25, 0.3) is 0 Å². The maximum absolute atomic E-state index is 5.47. The van der Waals surface area contributed by atoms with Crippen molar-refractivity contribution in [1.82, 2.24) is 5.32 Å². The third-order valence-corrected chi connectivity index (χ3v) is 4.77. The minimum Gasteiger partial charge on any atom is -0.381 e. The lowest BCUT2D eigenvalue weighted by atomic mass is 9.96. The Morgan fingerprint density at radius 1 is 1.33 bits per heavy atom. The van der Waals surface area contributed by atoms with Crippen LogP contribution in [-0.4, -0.2) is 25.8 Å². The summed E-state index contributed by atoms with van der Waals surface area (Å²) < 4.78 is 6.73. The molecule has 1 aromatic rings. The highest BCUT2D eigenvalue weighted by Gasteiger charge is 2.20. The summed E-state index contributed by atoms with van der Waals surface area (Å²) in [4.78, 5) is 0. The fraction of sp³-hybridized carbons (Fsp3) is 0.600. The normalized spacial score (nSPS) is 27.8. The van der Waals surface area contributed by atoms with Crippen LogP contribution in [0.5, 0.6) is 0 Å². The second-order valence-electron chi connectivity index (χ2n) is 5.41. The second-order valence-corrected chi connectivity index (χ2v) is 6.27. The highest BCUT2D eigenvalue weighted by molar-refractivity contribution is 9.10. The Hall–Kier alpha value is -0.380. The summed E-state index contributed by atoms with van der Waals surface area (Å²) in [5, 5.41) is 3.56. The van der Waals surface area contributed by atoms with Crippen LogP contribution in [0.15, 0.2) is 22.7 Å². The van der Waals surface area contributed by atoms with E-state index in [4.69, 9.17) is 4.74 Å². The number of ether oxygens (including phenoxy) is 1.